The number of hydrogen-bond donors (Lipinski definition) is 1. The monoisotopic (exact) mass is 247 g/mol. The minimum Gasteiger partial charge on any atom is -0.467 e. The number of carbonyl (C=O) groups excluding carboxylic acids is 1. The van der Waals surface area contributed by atoms with Crippen molar-refractivity contribution < 1.29 is 9.53 Å². The molecule has 0 spiro atoms. The van der Waals surface area contributed by atoms with E-state index < -0.39 is 5.54 Å². The van der Waals surface area contributed by atoms with Gasteiger partial charge in [-0.15, -0.1) is 0 Å². The molecule has 3 nitrogen and oxygen atoms in total. The van der Waals surface area contributed by atoms with E-state index in [-0.39, 0.29) is 11.9 Å². The Kier molecular flexibility index (Phi) is 3.71. The Bertz CT molecular complexity index is 412. The molecule has 1 atom stereocenters. The van der Waals surface area contributed by atoms with Gasteiger partial charge in [0.1, 0.15) is 5.54 Å². The van der Waals surface area contributed by atoms with E-state index in [0.29, 0.717) is 6.04 Å². The van der Waals surface area contributed by atoms with Crippen LogP contribution in [0.3, 0.4) is 0 Å². The molecule has 1 saturated carbocycles. The molecule has 0 bridgehead atoms. The molecule has 1 aliphatic carbocycles. The van der Waals surface area contributed by atoms with Gasteiger partial charge in [0.05, 0.1) is 7.11 Å². The van der Waals surface area contributed by atoms with E-state index >= 15 is 0 Å². The molecular formula is C15H21NO2. The van der Waals surface area contributed by atoms with Crippen LogP contribution in [0.15, 0.2) is 30.3 Å². The van der Waals surface area contributed by atoms with Crippen LogP contribution in [0.1, 0.15) is 32.3 Å². The minimum atomic E-state index is -0.725. The van der Waals surface area contributed by atoms with E-state index in [1.54, 1.807) is 0 Å². The summed E-state index contributed by atoms with van der Waals surface area (Å²) in [6.45, 7) is 4.11. The summed E-state index contributed by atoms with van der Waals surface area (Å²) in [6.07, 6.45) is 2.27. The number of carbonyl (C=O) groups is 1. The van der Waals surface area contributed by atoms with E-state index in [1.165, 1.54) is 7.11 Å². The van der Waals surface area contributed by atoms with Gasteiger partial charge >= 0.3 is 5.97 Å². The quantitative estimate of drug-likeness (QED) is 0.812. The second-order valence-corrected chi connectivity index (χ2v) is 5.24. The Labute approximate surface area is 109 Å². The number of rotatable bonds is 5. The number of hydrogen-bond acceptors (Lipinski definition) is 3. The number of methoxy groups -OCH3 is 1. The largest absolute Gasteiger partial charge is 0.467 e. The molecule has 0 heterocycles. The summed E-state index contributed by atoms with van der Waals surface area (Å²) in [5.74, 6) is -0.0662. The highest BCUT2D eigenvalue weighted by atomic mass is 16.5. The number of esters is 1. The zero-order valence-corrected chi connectivity index (χ0v) is 11.3. The first-order valence-corrected chi connectivity index (χ1v) is 6.53. The summed E-state index contributed by atoms with van der Waals surface area (Å²) in [7, 11) is 1.46. The average molecular weight is 247 g/mol. The van der Waals surface area contributed by atoms with Gasteiger partial charge in [-0.3, -0.25) is 5.32 Å². The smallest absolute Gasteiger partial charge is 0.331 e. The molecule has 1 aliphatic rings. The second-order valence-electron chi connectivity index (χ2n) is 5.24. The zero-order chi connectivity index (χ0) is 13.2. The van der Waals surface area contributed by atoms with Crippen molar-refractivity contribution >= 4 is 5.97 Å². The van der Waals surface area contributed by atoms with Gasteiger partial charge in [-0.05, 0) is 24.3 Å². The highest BCUT2D eigenvalue weighted by Crippen LogP contribution is 2.35. The molecule has 98 valence electrons. The maximum Gasteiger partial charge on any atom is 0.331 e. The third-order valence-electron chi connectivity index (χ3n) is 3.61. The molecule has 1 aromatic rings. The fourth-order valence-electron chi connectivity index (χ4n) is 2.41. The SMILES string of the molecule is COC(=O)C(NC1CC1)(c1ccccc1)C(C)C. The van der Waals surface area contributed by atoms with Crippen LogP contribution >= 0.6 is 0 Å². The first kappa shape index (κ1) is 13.1. The molecule has 18 heavy (non-hydrogen) atoms. The van der Waals surface area contributed by atoms with Crippen molar-refractivity contribution in [2.24, 2.45) is 5.92 Å². The van der Waals surface area contributed by atoms with Gasteiger partial charge in [-0.2, -0.15) is 0 Å². The standard InChI is InChI=1S/C15H21NO2/c1-11(2)15(14(17)18-3,16-13-9-10-13)12-7-5-4-6-8-12/h4-8,11,13,16H,9-10H2,1-3H3. The van der Waals surface area contributed by atoms with Crippen LogP contribution < -0.4 is 5.32 Å². The van der Waals surface area contributed by atoms with E-state index in [4.69, 9.17) is 4.74 Å². The van der Waals surface area contributed by atoms with Crippen LogP contribution in [0.2, 0.25) is 0 Å². The fourth-order valence-corrected chi connectivity index (χ4v) is 2.41. The first-order chi connectivity index (χ1) is 8.61. The van der Waals surface area contributed by atoms with Gasteiger partial charge in [0.2, 0.25) is 0 Å². The minimum absolute atomic E-state index is 0.132. The summed E-state index contributed by atoms with van der Waals surface area (Å²) in [5.41, 5.74) is 0.260. The lowest BCUT2D eigenvalue weighted by molar-refractivity contribution is -0.151. The summed E-state index contributed by atoms with van der Waals surface area (Å²) >= 11 is 0. The van der Waals surface area contributed by atoms with Crippen molar-refractivity contribution in [2.45, 2.75) is 38.3 Å². The number of ether oxygens (including phenoxy) is 1. The third kappa shape index (κ3) is 2.27. The summed E-state index contributed by atoms with van der Waals surface area (Å²) in [4.78, 5) is 12.4. The topological polar surface area (TPSA) is 38.3 Å². The fraction of sp³-hybridized carbons (Fsp3) is 0.533. The van der Waals surface area contributed by atoms with Crippen molar-refractivity contribution in [1.29, 1.82) is 0 Å². The molecule has 0 saturated heterocycles. The van der Waals surface area contributed by atoms with E-state index in [9.17, 15) is 4.79 Å². The number of nitrogens with one attached hydrogen (secondary N) is 1. The van der Waals surface area contributed by atoms with Crippen LogP contribution in [0.25, 0.3) is 0 Å². The van der Waals surface area contributed by atoms with Crippen LogP contribution in [-0.2, 0) is 15.1 Å². The molecule has 0 aromatic heterocycles. The van der Waals surface area contributed by atoms with Crippen LogP contribution in [0.5, 0.6) is 0 Å². The third-order valence-corrected chi connectivity index (χ3v) is 3.61. The molecule has 1 unspecified atom stereocenters. The Morgan fingerprint density at radius 3 is 2.39 bits per heavy atom. The van der Waals surface area contributed by atoms with Crippen LogP contribution in [-0.4, -0.2) is 19.1 Å². The summed E-state index contributed by atoms with van der Waals surface area (Å²) in [5, 5.41) is 3.50. The van der Waals surface area contributed by atoms with Crippen molar-refractivity contribution in [2.75, 3.05) is 7.11 Å². The van der Waals surface area contributed by atoms with Gasteiger partial charge in [-0.1, -0.05) is 44.2 Å². The number of benzene rings is 1. The predicted molar refractivity (Wildman–Crippen MR) is 71.1 cm³/mol. The highest BCUT2D eigenvalue weighted by molar-refractivity contribution is 5.83. The van der Waals surface area contributed by atoms with E-state index in [0.717, 1.165) is 18.4 Å². The van der Waals surface area contributed by atoms with Gasteiger partial charge in [0.15, 0.2) is 0 Å². The van der Waals surface area contributed by atoms with Crippen LogP contribution in [0, 0.1) is 5.92 Å². The van der Waals surface area contributed by atoms with Gasteiger partial charge in [0, 0.05) is 6.04 Å². The Balaban J connectivity index is 2.44. The average Bonchev–Trinajstić information content (AvgIpc) is 3.19. The van der Waals surface area contributed by atoms with E-state index in [1.807, 2.05) is 30.3 Å². The van der Waals surface area contributed by atoms with Crippen molar-refractivity contribution in [3.05, 3.63) is 35.9 Å². The molecule has 1 aromatic carbocycles. The van der Waals surface area contributed by atoms with Crippen molar-refractivity contribution in [3.63, 3.8) is 0 Å². The Morgan fingerprint density at radius 1 is 1.33 bits per heavy atom. The zero-order valence-electron chi connectivity index (χ0n) is 11.3. The molecule has 1 fully saturated rings. The molecular weight excluding hydrogens is 226 g/mol. The molecule has 1 N–H and O–H groups in total. The van der Waals surface area contributed by atoms with E-state index in [2.05, 4.69) is 19.2 Å². The molecule has 2 rings (SSSR count). The lowest BCUT2D eigenvalue weighted by Crippen LogP contribution is -2.54. The summed E-state index contributed by atoms with van der Waals surface area (Å²) in [6, 6.07) is 10.3. The Morgan fingerprint density at radius 2 is 1.94 bits per heavy atom. The molecule has 0 aliphatic heterocycles. The molecule has 0 radical (unpaired) electrons. The van der Waals surface area contributed by atoms with Crippen molar-refractivity contribution in [3.8, 4) is 0 Å². The summed E-state index contributed by atoms with van der Waals surface area (Å²) < 4.78 is 5.06. The lowest BCUT2D eigenvalue weighted by atomic mass is 9.79. The molecule has 3 heteroatoms. The first-order valence-electron chi connectivity index (χ1n) is 6.53. The normalized spacial score (nSPS) is 18.4. The Hall–Kier alpha value is -1.35. The highest BCUT2D eigenvalue weighted by Gasteiger charge is 2.47. The van der Waals surface area contributed by atoms with Gasteiger partial charge < -0.3 is 4.74 Å². The molecule has 0 amide bonds. The van der Waals surface area contributed by atoms with Gasteiger partial charge in [-0.25, -0.2) is 4.79 Å². The maximum absolute atomic E-state index is 12.4. The van der Waals surface area contributed by atoms with Crippen LogP contribution in [0.4, 0.5) is 0 Å². The second kappa shape index (κ2) is 5.11. The maximum atomic E-state index is 12.4. The van der Waals surface area contributed by atoms with Crippen molar-refractivity contribution in [1.82, 2.24) is 5.32 Å². The van der Waals surface area contributed by atoms with Gasteiger partial charge in [0.25, 0.3) is 0 Å². The lowest BCUT2D eigenvalue weighted by Gasteiger charge is -2.36. The predicted octanol–water partition coefficient (Wildman–Crippen LogP) is 2.46.